The number of hydrogen-bond acceptors (Lipinski definition) is 7. The Hall–Kier alpha value is -4.63. The molecule has 0 saturated heterocycles. The summed E-state index contributed by atoms with van der Waals surface area (Å²) in [6.45, 7) is 2.22. The first kappa shape index (κ1) is 26.4. The number of hydrazone groups is 1. The number of amides is 1. The summed E-state index contributed by atoms with van der Waals surface area (Å²) in [5.74, 6) is 0.488. The molecule has 38 heavy (non-hydrogen) atoms. The molecule has 0 bridgehead atoms. The molecule has 8 nitrogen and oxygen atoms in total. The summed E-state index contributed by atoms with van der Waals surface area (Å²) in [7, 11) is -2.55. The van der Waals surface area contributed by atoms with Crippen LogP contribution in [-0.4, -0.2) is 27.6 Å². The van der Waals surface area contributed by atoms with Crippen molar-refractivity contribution in [1.29, 1.82) is 0 Å². The molecule has 1 amide bonds. The van der Waals surface area contributed by atoms with Crippen molar-refractivity contribution in [2.45, 2.75) is 18.4 Å². The van der Waals surface area contributed by atoms with E-state index >= 15 is 0 Å². The van der Waals surface area contributed by atoms with Crippen LogP contribution in [-0.2, 0) is 16.7 Å². The fraction of sp³-hybridized carbons (Fsp3) is 0.103. The first-order valence-electron chi connectivity index (χ1n) is 11.6. The maximum absolute atomic E-state index is 12.7. The molecule has 0 aliphatic carbocycles. The van der Waals surface area contributed by atoms with Gasteiger partial charge in [-0.25, -0.2) is 5.43 Å². The van der Waals surface area contributed by atoms with Crippen LogP contribution in [0.2, 0.25) is 0 Å². The van der Waals surface area contributed by atoms with Crippen LogP contribution in [0, 0.1) is 6.92 Å². The van der Waals surface area contributed by atoms with E-state index in [4.69, 9.17) is 13.7 Å². The summed E-state index contributed by atoms with van der Waals surface area (Å²) in [5.41, 5.74) is 5.03. The minimum atomic E-state index is -4.05. The van der Waals surface area contributed by atoms with E-state index in [1.807, 2.05) is 37.3 Å². The fourth-order valence-electron chi connectivity index (χ4n) is 3.42. The largest absolute Gasteiger partial charge is 0.493 e. The van der Waals surface area contributed by atoms with Gasteiger partial charge in [-0.05, 0) is 55.0 Å². The van der Waals surface area contributed by atoms with Crippen molar-refractivity contribution in [1.82, 2.24) is 5.43 Å². The Morgan fingerprint density at radius 2 is 1.58 bits per heavy atom. The molecule has 0 spiro atoms. The summed E-state index contributed by atoms with van der Waals surface area (Å²) in [6.07, 6.45) is 1.31. The quantitative estimate of drug-likeness (QED) is 0.174. The smallest absolute Gasteiger partial charge is 0.339 e. The number of carbonyl (C=O) groups excluding carboxylic acids is 1. The molecule has 194 valence electrons. The number of para-hydroxylation sites is 1. The number of nitrogens with zero attached hydrogens (tertiary/aromatic N) is 1. The fourth-order valence-corrected chi connectivity index (χ4v) is 4.38. The van der Waals surface area contributed by atoms with Gasteiger partial charge in [0.1, 0.15) is 11.5 Å². The van der Waals surface area contributed by atoms with Gasteiger partial charge in [-0.2, -0.15) is 13.5 Å². The van der Waals surface area contributed by atoms with Crippen LogP contribution in [0.4, 0.5) is 0 Å². The van der Waals surface area contributed by atoms with Crippen LogP contribution >= 0.6 is 0 Å². The molecule has 0 radical (unpaired) electrons. The minimum Gasteiger partial charge on any atom is -0.493 e. The number of methoxy groups -OCH3 is 1. The highest BCUT2D eigenvalue weighted by Crippen LogP contribution is 2.29. The molecule has 0 aliphatic rings. The number of rotatable bonds is 10. The standard InChI is InChI=1S/C29H26N2O6S/c1-21-12-15-25(16-13-21)38(33,34)37-26-11-7-6-10-24(26)19-30-31-29(32)23-14-17-27(28(18-23)35-2)36-20-22-8-4-3-5-9-22/h3-19H,20H2,1-2H3,(H,31,32)/b30-19+. The van der Waals surface area contributed by atoms with Crippen molar-refractivity contribution in [3.8, 4) is 17.2 Å². The Kier molecular flexibility index (Phi) is 8.40. The number of carbonyl (C=O) groups is 1. The van der Waals surface area contributed by atoms with Gasteiger partial charge in [0.05, 0.1) is 13.3 Å². The number of benzene rings is 4. The Morgan fingerprint density at radius 3 is 2.32 bits per heavy atom. The summed E-state index contributed by atoms with van der Waals surface area (Å²) < 4.78 is 41.9. The zero-order valence-corrected chi connectivity index (χ0v) is 21.6. The summed E-state index contributed by atoms with van der Waals surface area (Å²) >= 11 is 0. The third-order valence-corrected chi connectivity index (χ3v) is 6.71. The molecule has 1 N–H and O–H groups in total. The van der Waals surface area contributed by atoms with Crippen LogP contribution in [0.3, 0.4) is 0 Å². The molecule has 4 aromatic carbocycles. The van der Waals surface area contributed by atoms with Gasteiger partial charge in [-0.1, -0.05) is 60.2 Å². The van der Waals surface area contributed by atoms with E-state index in [0.717, 1.165) is 11.1 Å². The molecule has 0 unspecified atom stereocenters. The Balaban J connectivity index is 1.42. The van der Waals surface area contributed by atoms with Gasteiger partial charge in [0, 0.05) is 11.1 Å². The Morgan fingerprint density at radius 1 is 0.868 bits per heavy atom. The van der Waals surface area contributed by atoms with E-state index in [1.54, 1.807) is 48.5 Å². The van der Waals surface area contributed by atoms with Gasteiger partial charge < -0.3 is 13.7 Å². The molecule has 0 aromatic heterocycles. The third kappa shape index (κ3) is 6.77. The van der Waals surface area contributed by atoms with Gasteiger partial charge in [-0.3, -0.25) is 4.79 Å². The number of ether oxygens (including phenoxy) is 2. The summed E-state index contributed by atoms with van der Waals surface area (Å²) in [4.78, 5) is 12.7. The lowest BCUT2D eigenvalue weighted by molar-refractivity contribution is 0.0954. The van der Waals surface area contributed by atoms with Crippen LogP contribution in [0.25, 0.3) is 0 Å². The molecule has 4 aromatic rings. The topological polar surface area (TPSA) is 103 Å². The first-order chi connectivity index (χ1) is 18.4. The van der Waals surface area contributed by atoms with Gasteiger partial charge in [0.15, 0.2) is 17.2 Å². The van der Waals surface area contributed by atoms with Gasteiger partial charge in [-0.15, -0.1) is 0 Å². The summed E-state index contributed by atoms with van der Waals surface area (Å²) in [6, 6.07) is 27.3. The second-order valence-electron chi connectivity index (χ2n) is 8.23. The predicted molar refractivity (Wildman–Crippen MR) is 144 cm³/mol. The SMILES string of the molecule is COc1cc(C(=O)N/N=C/c2ccccc2OS(=O)(=O)c2ccc(C)cc2)ccc1OCc1ccccc1. The van der Waals surface area contributed by atoms with Crippen LogP contribution < -0.4 is 19.1 Å². The van der Waals surface area contributed by atoms with E-state index in [9.17, 15) is 13.2 Å². The van der Waals surface area contributed by atoms with E-state index < -0.39 is 16.0 Å². The second-order valence-corrected chi connectivity index (χ2v) is 9.77. The van der Waals surface area contributed by atoms with Gasteiger partial charge in [0.25, 0.3) is 5.91 Å². The summed E-state index contributed by atoms with van der Waals surface area (Å²) in [5, 5.41) is 3.98. The molecule has 0 fully saturated rings. The number of nitrogens with one attached hydrogen (secondary N) is 1. The second kappa shape index (κ2) is 12.1. The normalized spacial score (nSPS) is 11.2. The van der Waals surface area contributed by atoms with E-state index in [1.165, 1.54) is 31.5 Å². The van der Waals surface area contributed by atoms with Crippen molar-refractivity contribution < 1.29 is 26.9 Å². The lowest BCUT2D eigenvalue weighted by Crippen LogP contribution is -2.18. The molecule has 0 atom stereocenters. The number of aryl methyl sites for hydroxylation is 1. The molecular weight excluding hydrogens is 504 g/mol. The molecular formula is C29H26N2O6S. The van der Waals surface area contributed by atoms with Crippen molar-refractivity contribution in [2.24, 2.45) is 5.10 Å². The average molecular weight is 531 g/mol. The van der Waals surface area contributed by atoms with Crippen molar-refractivity contribution in [3.63, 3.8) is 0 Å². The van der Waals surface area contributed by atoms with E-state index in [0.29, 0.717) is 29.2 Å². The van der Waals surface area contributed by atoms with Gasteiger partial charge in [0.2, 0.25) is 0 Å². The lowest BCUT2D eigenvalue weighted by atomic mass is 10.2. The van der Waals surface area contributed by atoms with E-state index in [-0.39, 0.29) is 10.6 Å². The molecule has 0 saturated carbocycles. The molecule has 0 aliphatic heterocycles. The first-order valence-corrected chi connectivity index (χ1v) is 13.0. The number of hydrogen-bond donors (Lipinski definition) is 1. The Labute approximate surface area is 221 Å². The highest BCUT2D eigenvalue weighted by Gasteiger charge is 2.18. The van der Waals surface area contributed by atoms with Crippen LogP contribution in [0.15, 0.2) is 107 Å². The maximum atomic E-state index is 12.7. The zero-order valence-electron chi connectivity index (χ0n) is 20.8. The van der Waals surface area contributed by atoms with E-state index in [2.05, 4.69) is 10.5 Å². The minimum absolute atomic E-state index is 0.0355. The molecule has 0 heterocycles. The highest BCUT2D eigenvalue weighted by molar-refractivity contribution is 7.87. The monoisotopic (exact) mass is 530 g/mol. The lowest BCUT2D eigenvalue weighted by Gasteiger charge is -2.12. The van der Waals surface area contributed by atoms with Crippen LogP contribution in [0.1, 0.15) is 27.0 Å². The Bertz CT molecular complexity index is 1540. The third-order valence-electron chi connectivity index (χ3n) is 5.46. The predicted octanol–water partition coefficient (Wildman–Crippen LogP) is 5.11. The highest BCUT2D eigenvalue weighted by atomic mass is 32.2. The molecule has 9 heteroatoms. The van der Waals surface area contributed by atoms with Crippen LogP contribution in [0.5, 0.6) is 17.2 Å². The molecule has 4 rings (SSSR count). The van der Waals surface area contributed by atoms with Crippen molar-refractivity contribution in [2.75, 3.05) is 7.11 Å². The van der Waals surface area contributed by atoms with Gasteiger partial charge >= 0.3 is 10.1 Å². The zero-order chi connectivity index (χ0) is 27.0. The van der Waals surface area contributed by atoms with Crippen molar-refractivity contribution in [3.05, 3.63) is 119 Å². The van der Waals surface area contributed by atoms with Crippen molar-refractivity contribution >= 4 is 22.2 Å². The average Bonchev–Trinajstić information content (AvgIpc) is 2.93. The maximum Gasteiger partial charge on any atom is 0.339 e.